The molecule has 28 heavy (non-hydrogen) atoms. The van der Waals surface area contributed by atoms with Gasteiger partial charge in [0, 0.05) is 37.8 Å². The summed E-state index contributed by atoms with van der Waals surface area (Å²) in [6.45, 7) is 1.62. The van der Waals surface area contributed by atoms with Gasteiger partial charge in [0.15, 0.2) is 0 Å². The monoisotopic (exact) mass is 402 g/mol. The zero-order valence-electron chi connectivity index (χ0n) is 15.0. The molecule has 0 unspecified atom stereocenters. The first kappa shape index (κ1) is 19.6. The van der Waals surface area contributed by atoms with Gasteiger partial charge in [0.1, 0.15) is 5.02 Å². The number of carbonyl (C=O) groups excluding carboxylic acids is 2. The molecule has 0 aromatic heterocycles. The Balaban J connectivity index is 1.56. The lowest BCUT2D eigenvalue weighted by Crippen LogP contribution is -2.28. The molecule has 1 aliphatic heterocycles. The first-order chi connectivity index (χ1) is 13.4. The summed E-state index contributed by atoms with van der Waals surface area (Å²) in [6.07, 6.45) is 1.49. The van der Waals surface area contributed by atoms with Gasteiger partial charge in [-0.1, -0.05) is 35.9 Å². The molecule has 0 saturated carbocycles. The van der Waals surface area contributed by atoms with Gasteiger partial charge in [-0.3, -0.25) is 14.9 Å². The molecule has 9 heteroatoms. The molecule has 1 heterocycles. The number of nitrogens with one attached hydrogen (secondary N) is 2. The number of nitrogens with zero attached hydrogens (tertiary/aromatic N) is 2. The minimum atomic E-state index is -0.609. The van der Waals surface area contributed by atoms with Crippen molar-refractivity contribution >= 4 is 34.9 Å². The maximum atomic E-state index is 12.1. The summed E-state index contributed by atoms with van der Waals surface area (Å²) in [5.74, 6) is 0.167. The standard InChI is InChI=1S/C19H19ClN4O4/c20-16-7-6-15(10-17(16)24(27)28)22-19(26)21-11-13-3-1-4-14(9-13)12-23-8-2-5-18(23)25/h1,3-4,6-7,9-10H,2,5,8,11-12H2,(H2,21,22,26). The molecule has 1 aliphatic rings. The smallest absolute Gasteiger partial charge is 0.319 e. The Hall–Kier alpha value is -3.13. The topological polar surface area (TPSA) is 105 Å². The van der Waals surface area contributed by atoms with E-state index in [0.717, 1.165) is 24.1 Å². The summed E-state index contributed by atoms with van der Waals surface area (Å²) in [5.41, 5.74) is 1.89. The van der Waals surface area contributed by atoms with Gasteiger partial charge in [-0.05, 0) is 29.7 Å². The van der Waals surface area contributed by atoms with Crippen LogP contribution in [0.25, 0.3) is 0 Å². The number of halogens is 1. The molecule has 1 fully saturated rings. The highest BCUT2D eigenvalue weighted by molar-refractivity contribution is 6.32. The van der Waals surface area contributed by atoms with Crippen LogP contribution in [0.1, 0.15) is 24.0 Å². The maximum Gasteiger partial charge on any atom is 0.319 e. The summed E-state index contributed by atoms with van der Waals surface area (Å²) in [5, 5.41) is 16.2. The molecule has 146 valence electrons. The van der Waals surface area contributed by atoms with Gasteiger partial charge >= 0.3 is 6.03 Å². The van der Waals surface area contributed by atoms with Crippen molar-refractivity contribution in [1.82, 2.24) is 10.2 Å². The van der Waals surface area contributed by atoms with E-state index in [4.69, 9.17) is 11.6 Å². The molecule has 0 aliphatic carbocycles. The van der Waals surface area contributed by atoms with Gasteiger partial charge in [0.25, 0.3) is 5.69 Å². The van der Waals surface area contributed by atoms with E-state index in [2.05, 4.69) is 10.6 Å². The normalized spacial score (nSPS) is 13.5. The van der Waals surface area contributed by atoms with Crippen LogP contribution >= 0.6 is 11.6 Å². The Bertz CT molecular complexity index is 919. The fourth-order valence-corrected chi connectivity index (χ4v) is 3.20. The van der Waals surface area contributed by atoms with Gasteiger partial charge in [-0.2, -0.15) is 0 Å². The highest BCUT2D eigenvalue weighted by Gasteiger charge is 2.20. The van der Waals surface area contributed by atoms with Crippen molar-refractivity contribution in [2.45, 2.75) is 25.9 Å². The number of urea groups is 1. The Morgan fingerprint density at radius 1 is 1.21 bits per heavy atom. The number of carbonyl (C=O) groups is 2. The van der Waals surface area contributed by atoms with Gasteiger partial charge in [-0.25, -0.2) is 4.79 Å². The summed E-state index contributed by atoms with van der Waals surface area (Å²) in [6, 6.07) is 11.2. The molecule has 3 rings (SSSR count). The molecule has 3 amide bonds. The van der Waals surface area contributed by atoms with Crippen LogP contribution in [0.5, 0.6) is 0 Å². The zero-order chi connectivity index (χ0) is 20.1. The van der Waals surface area contributed by atoms with Crippen LogP contribution in [0.4, 0.5) is 16.2 Å². The predicted octanol–water partition coefficient (Wildman–Crippen LogP) is 3.69. The van der Waals surface area contributed by atoms with Gasteiger partial charge in [0.05, 0.1) is 4.92 Å². The molecule has 0 atom stereocenters. The average molecular weight is 403 g/mol. The number of anilines is 1. The van der Waals surface area contributed by atoms with E-state index in [1.807, 2.05) is 29.2 Å². The van der Waals surface area contributed by atoms with E-state index in [1.54, 1.807) is 0 Å². The average Bonchev–Trinajstić information content (AvgIpc) is 3.06. The highest BCUT2D eigenvalue weighted by Crippen LogP contribution is 2.27. The van der Waals surface area contributed by atoms with E-state index < -0.39 is 11.0 Å². The number of nitro benzene ring substituents is 1. The van der Waals surface area contributed by atoms with Crippen molar-refractivity contribution in [3.05, 3.63) is 68.7 Å². The quantitative estimate of drug-likeness (QED) is 0.567. The Morgan fingerprint density at radius 2 is 2.00 bits per heavy atom. The summed E-state index contributed by atoms with van der Waals surface area (Å²) in [4.78, 5) is 36.0. The van der Waals surface area contributed by atoms with E-state index in [9.17, 15) is 19.7 Å². The van der Waals surface area contributed by atoms with Crippen LogP contribution in [0.15, 0.2) is 42.5 Å². The second-order valence-corrected chi connectivity index (χ2v) is 6.88. The second-order valence-electron chi connectivity index (χ2n) is 6.47. The summed E-state index contributed by atoms with van der Waals surface area (Å²) < 4.78 is 0. The largest absolute Gasteiger partial charge is 0.338 e. The molecule has 2 aromatic rings. The molecular formula is C19H19ClN4O4. The lowest BCUT2D eigenvalue weighted by Gasteiger charge is -2.16. The highest BCUT2D eigenvalue weighted by atomic mass is 35.5. The second kappa shape index (κ2) is 8.71. The molecule has 0 bridgehead atoms. The number of benzene rings is 2. The predicted molar refractivity (Wildman–Crippen MR) is 105 cm³/mol. The fourth-order valence-electron chi connectivity index (χ4n) is 3.02. The van der Waals surface area contributed by atoms with Crippen molar-refractivity contribution in [3.8, 4) is 0 Å². The first-order valence-corrected chi connectivity index (χ1v) is 9.14. The third kappa shape index (κ3) is 4.98. The summed E-state index contributed by atoms with van der Waals surface area (Å²) in [7, 11) is 0. The van der Waals surface area contributed by atoms with Crippen molar-refractivity contribution in [3.63, 3.8) is 0 Å². The third-order valence-corrected chi connectivity index (χ3v) is 4.71. The van der Waals surface area contributed by atoms with E-state index in [-0.39, 0.29) is 28.8 Å². The lowest BCUT2D eigenvalue weighted by atomic mass is 10.1. The molecule has 1 saturated heterocycles. The Kier molecular flexibility index (Phi) is 6.10. The number of nitro groups is 1. The third-order valence-electron chi connectivity index (χ3n) is 4.39. The molecule has 0 radical (unpaired) electrons. The summed E-state index contributed by atoms with van der Waals surface area (Å²) >= 11 is 5.76. The number of hydrogen-bond donors (Lipinski definition) is 2. The SMILES string of the molecule is O=C(NCc1cccc(CN2CCCC2=O)c1)Nc1ccc(Cl)c([N+](=O)[O-])c1. The molecular weight excluding hydrogens is 384 g/mol. The van der Waals surface area contributed by atoms with Crippen LogP contribution in [0.3, 0.4) is 0 Å². The Labute approximate surface area is 166 Å². The van der Waals surface area contributed by atoms with E-state index >= 15 is 0 Å². The van der Waals surface area contributed by atoms with Gasteiger partial charge < -0.3 is 15.5 Å². The zero-order valence-corrected chi connectivity index (χ0v) is 15.7. The lowest BCUT2D eigenvalue weighted by molar-refractivity contribution is -0.384. The number of likely N-dealkylation sites (tertiary alicyclic amines) is 1. The van der Waals surface area contributed by atoms with Crippen LogP contribution in [-0.2, 0) is 17.9 Å². The van der Waals surface area contributed by atoms with Crippen LogP contribution < -0.4 is 10.6 Å². The van der Waals surface area contributed by atoms with Gasteiger partial charge in [-0.15, -0.1) is 0 Å². The van der Waals surface area contributed by atoms with Crippen LogP contribution in [-0.4, -0.2) is 28.3 Å². The first-order valence-electron chi connectivity index (χ1n) is 8.77. The minimum absolute atomic E-state index is 0.00394. The minimum Gasteiger partial charge on any atom is -0.338 e. The van der Waals surface area contributed by atoms with E-state index in [0.29, 0.717) is 13.0 Å². The van der Waals surface area contributed by atoms with Crippen molar-refractivity contribution in [2.24, 2.45) is 0 Å². The van der Waals surface area contributed by atoms with Crippen LogP contribution in [0.2, 0.25) is 5.02 Å². The van der Waals surface area contributed by atoms with Crippen molar-refractivity contribution in [1.29, 1.82) is 0 Å². The molecule has 2 N–H and O–H groups in total. The number of amides is 3. The van der Waals surface area contributed by atoms with Gasteiger partial charge in [0.2, 0.25) is 5.91 Å². The van der Waals surface area contributed by atoms with Crippen LogP contribution in [0, 0.1) is 10.1 Å². The Morgan fingerprint density at radius 3 is 2.71 bits per heavy atom. The van der Waals surface area contributed by atoms with Crippen molar-refractivity contribution in [2.75, 3.05) is 11.9 Å². The van der Waals surface area contributed by atoms with E-state index in [1.165, 1.54) is 18.2 Å². The maximum absolute atomic E-state index is 12.1. The molecule has 2 aromatic carbocycles. The van der Waals surface area contributed by atoms with Crippen molar-refractivity contribution < 1.29 is 14.5 Å². The fraction of sp³-hybridized carbons (Fsp3) is 0.263. The molecule has 0 spiro atoms. The number of rotatable bonds is 6. The number of hydrogen-bond acceptors (Lipinski definition) is 4. The molecule has 8 nitrogen and oxygen atoms in total.